The van der Waals surface area contributed by atoms with Crippen LogP contribution in [-0.2, 0) is 14.8 Å². The molecule has 1 fully saturated rings. The molecule has 1 N–H and O–H groups in total. The molecule has 1 aliphatic rings. The zero-order valence-electron chi connectivity index (χ0n) is 18.8. The maximum absolute atomic E-state index is 13.2. The molecule has 0 saturated carbocycles. The summed E-state index contributed by atoms with van der Waals surface area (Å²) in [5.74, 6) is 0.0614. The highest BCUT2D eigenvalue weighted by atomic mass is 35.5. The minimum absolute atomic E-state index is 0. The van der Waals surface area contributed by atoms with Gasteiger partial charge in [0.25, 0.3) is 10.0 Å². The molecule has 0 unspecified atom stereocenters. The number of anilines is 2. The van der Waals surface area contributed by atoms with Crippen LogP contribution < -0.4 is 9.62 Å². The lowest BCUT2D eigenvalue weighted by atomic mass is 10.2. The number of nitrogens with zero attached hydrogens (tertiary/aromatic N) is 5. The summed E-state index contributed by atoms with van der Waals surface area (Å²) in [4.78, 5) is 17.4. The summed E-state index contributed by atoms with van der Waals surface area (Å²) in [6.07, 6.45) is 1.93. The number of benzene rings is 2. The normalized spacial score (nSPS) is 15.4. The lowest BCUT2D eigenvalue weighted by molar-refractivity contribution is -0.134. The molecule has 5 rings (SSSR count). The molecule has 184 valence electrons. The molecule has 12 heteroatoms. The fraction of sp³-hybridized carbons (Fsp3) is 0.261. The number of piperazine rings is 1. The van der Waals surface area contributed by atoms with Gasteiger partial charge in [-0.15, -0.1) is 10.2 Å². The Hall–Kier alpha value is -3.15. The van der Waals surface area contributed by atoms with Crippen molar-refractivity contribution in [3.05, 3.63) is 65.3 Å². The summed E-state index contributed by atoms with van der Waals surface area (Å²) in [5.41, 5.74) is 3.31. The molecule has 35 heavy (non-hydrogen) atoms. The Morgan fingerprint density at radius 1 is 1.11 bits per heavy atom. The monoisotopic (exact) mass is 532 g/mol. The molecule has 0 spiro atoms. The third-order valence-corrected chi connectivity index (χ3v) is 8.47. The van der Waals surface area contributed by atoms with Crippen molar-refractivity contribution in [1.82, 2.24) is 19.7 Å². The quantitative estimate of drug-likeness (QED) is 0.401. The summed E-state index contributed by atoms with van der Waals surface area (Å²) in [6.45, 7) is 4.39. The first-order valence-electron chi connectivity index (χ1n) is 11.0. The molecule has 1 amide bonds. The summed E-state index contributed by atoms with van der Waals surface area (Å²) in [6, 6.07) is 14.0. The molecular weight excluding hydrogens is 508 g/mol. The number of rotatable bonds is 6. The number of hydrogen-bond donors (Lipinski definition) is 1. The average Bonchev–Trinajstić information content (AvgIpc) is 3.52. The first-order valence-corrected chi connectivity index (χ1v) is 13.7. The number of sulfonamides is 1. The van der Waals surface area contributed by atoms with E-state index in [0.29, 0.717) is 31.2 Å². The topological polar surface area (TPSA) is 100 Å². The molecule has 2 aromatic heterocycles. The van der Waals surface area contributed by atoms with Crippen LogP contribution in [0.1, 0.15) is 14.4 Å². The van der Waals surface area contributed by atoms with Crippen molar-refractivity contribution in [1.29, 1.82) is 0 Å². The molecule has 0 bridgehead atoms. The van der Waals surface area contributed by atoms with Crippen LogP contribution in [0.25, 0.3) is 10.9 Å². The van der Waals surface area contributed by atoms with Crippen molar-refractivity contribution in [2.75, 3.05) is 35.8 Å². The van der Waals surface area contributed by atoms with E-state index in [1.165, 1.54) is 5.51 Å². The lowest BCUT2D eigenvalue weighted by Crippen LogP contribution is -2.50. The molecule has 4 aromatic rings. The predicted molar refractivity (Wildman–Crippen MR) is 140 cm³/mol. The molecule has 2 aromatic carbocycles. The van der Waals surface area contributed by atoms with Crippen molar-refractivity contribution in [2.24, 2.45) is 0 Å². The van der Waals surface area contributed by atoms with E-state index in [9.17, 15) is 13.2 Å². The zero-order valence-corrected chi connectivity index (χ0v) is 21.2. The second-order valence-electron chi connectivity index (χ2n) is 8.26. The van der Waals surface area contributed by atoms with Crippen LogP contribution in [0, 0.1) is 0 Å². The molecule has 1 atom stereocenters. The molecule has 1 aliphatic heterocycles. The van der Waals surface area contributed by atoms with E-state index in [-0.39, 0.29) is 23.4 Å². The third kappa shape index (κ3) is 4.84. The van der Waals surface area contributed by atoms with Crippen molar-refractivity contribution in [3.63, 3.8) is 0 Å². The summed E-state index contributed by atoms with van der Waals surface area (Å²) in [5, 5.41) is 9.26. The molecular formula is C23H25ClN6O3S2. The number of hydrogen-bond acceptors (Lipinski definition) is 7. The van der Waals surface area contributed by atoms with Crippen LogP contribution in [0.15, 0.2) is 65.1 Å². The molecule has 1 saturated heterocycles. The van der Waals surface area contributed by atoms with Gasteiger partial charge in [0.1, 0.15) is 11.6 Å². The Morgan fingerprint density at radius 3 is 2.54 bits per heavy atom. The number of aromatic nitrogens is 3. The maximum Gasteiger partial charge on any atom is 0.263 e. The summed E-state index contributed by atoms with van der Waals surface area (Å²) < 4.78 is 29.4. The van der Waals surface area contributed by atoms with Crippen LogP contribution in [0.4, 0.5) is 10.8 Å². The summed E-state index contributed by atoms with van der Waals surface area (Å²) in [7, 11) is -3.72. The third-order valence-electron chi connectivity index (χ3n) is 6.15. The van der Waals surface area contributed by atoms with E-state index >= 15 is 0 Å². The Morgan fingerprint density at radius 2 is 1.86 bits per heavy atom. The van der Waals surface area contributed by atoms with Crippen LogP contribution in [0.5, 0.6) is 0 Å². The van der Waals surface area contributed by atoms with E-state index in [4.69, 9.17) is 11.6 Å². The minimum atomic E-state index is -3.72. The highest BCUT2D eigenvalue weighted by Gasteiger charge is 2.27. The van der Waals surface area contributed by atoms with Crippen LogP contribution in [0.3, 0.4) is 0 Å². The lowest BCUT2D eigenvalue weighted by Gasteiger charge is -2.37. The maximum atomic E-state index is 13.2. The Kier molecular flexibility index (Phi) is 6.39. The van der Waals surface area contributed by atoms with Gasteiger partial charge < -0.3 is 14.4 Å². The first-order chi connectivity index (χ1) is 16.8. The second kappa shape index (κ2) is 9.48. The van der Waals surface area contributed by atoms with Crippen LogP contribution in [0.2, 0.25) is 5.02 Å². The highest BCUT2D eigenvalue weighted by molar-refractivity contribution is 7.93. The number of carbonyl (C=O) groups is 1. The molecule has 3 heterocycles. The van der Waals surface area contributed by atoms with Gasteiger partial charge in [0.05, 0.1) is 10.4 Å². The Bertz CT molecular complexity index is 1450. The Balaban J connectivity index is 0.00000304. The van der Waals surface area contributed by atoms with Crippen LogP contribution >= 0.6 is 22.9 Å². The standard InChI is InChI=1S/C23H23ClN6O3S2.H2/c1-16(30-9-8-17-2-3-18(24)14-21(17)30)22(31)29-12-10-28(11-13-29)19-4-6-20(7-5-19)35(32,33)27-23-26-25-15-34-23;/h2-9,14-16H,10-13H2,1H3,(H,26,27);1H/t16-;/m0./s1. The number of amides is 1. The highest BCUT2D eigenvalue weighted by Crippen LogP contribution is 2.26. The minimum Gasteiger partial charge on any atom is -0.368 e. The number of halogens is 1. The van der Waals surface area contributed by atoms with Gasteiger partial charge in [0, 0.05) is 44.5 Å². The van der Waals surface area contributed by atoms with Gasteiger partial charge in [-0.05, 0) is 54.8 Å². The van der Waals surface area contributed by atoms with Crippen molar-refractivity contribution < 1.29 is 14.6 Å². The van der Waals surface area contributed by atoms with Crippen molar-refractivity contribution in [2.45, 2.75) is 17.9 Å². The molecule has 0 aliphatic carbocycles. The van der Waals surface area contributed by atoms with Gasteiger partial charge in [-0.3, -0.25) is 9.52 Å². The SMILES string of the molecule is C[C@@H](C(=O)N1CCN(c2ccc(S(=O)(=O)Nc3nncs3)cc2)CC1)n1ccc2ccc(Cl)cc21.[HH]. The Labute approximate surface area is 213 Å². The van der Waals surface area contributed by atoms with E-state index in [2.05, 4.69) is 19.8 Å². The second-order valence-corrected chi connectivity index (χ2v) is 11.2. The van der Waals surface area contributed by atoms with Gasteiger partial charge >= 0.3 is 0 Å². The summed E-state index contributed by atoms with van der Waals surface area (Å²) >= 11 is 7.28. The van der Waals surface area contributed by atoms with Crippen LogP contribution in [-0.4, -0.2) is 60.2 Å². The van der Waals surface area contributed by atoms with Gasteiger partial charge in [-0.1, -0.05) is 29.0 Å². The number of fused-ring (bicyclic) bond motifs is 1. The van der Waals surface area contributed by atoms with E-state index in [0.717, 1.165) is 27.9 Å². The number of nitrogens with one attached hydrogen (secondary N) is 1. The average molecular weight is 533 g/mol. The van der Waals surface area contributed by atoms with E-state index in [1.807, 2.05) is 46.9 Å². The molecule has 9 nitrogen and oxygen atoms in total. The van der Waals surface area contributed by atoms with Gasteiger partial charge in [-0.25, -0.2) is 8.42 Å². The zero-order chi connectivity index (χ0) is 24.6. The number of carbonyl (C=O) groups excluding carboxylic acids is 1. The van der Waals surface area contributed by atoms with Gasteiger partial charge in [0.15, 0.2) is 0 Å². The first kappa shape index (κ1) is 23.6. The van der Waals surface area contributed by atoms with Crippen molar-refractivity contribution >= 4 is 60.6 Å². The van der Waals surface area contributed by atoms with Gasteiger partial charge in [0.2, 0.25) is 11.0 Å². The van der Waals surface area contributed by atoms with Crippen molar-refractivity contribution in [3.8, 4) is 0 Å². The molecule has 0 radical (unpaired) electrons. The van der Waals surface area contributed by atoms with Gasteiger partial charge in [-0.2, -0.15) is 0 Å². The largest absolute Gasteiger partial charge is 0.368 e. The smallest absolute Gasteiger partial charge is 0.263 e. The van der Waals surface area contributed by atoms with E-state index in [1.54, 1.807) is 24.3 Å². The fourth-order valence-electron chi connectivity index (χ4n) is 4.26. The fourth-order valence-corrected chi connectivity index (χ4v) is 6.12. The predicted octanol–water partition coefficient (Wildman–Crippen LogP) is 4.10. The van der Waals surface area contributed by atoms with E-state index < -0.39 is 10.0 Å².